The number of likely N-dealkylation sites (tertiary alicyclic amines) is 1. The van der Waals surface area contributed by atoms with Crippen LogP contribution in [0.25, 0.3) is 0 Å². The van der Waals surface area contributed by atoms with Crippen molar-refractivity contribution in [3.63, 3.8) is 0 Å². The lowest BCUT2D eigenvalue weighted by atomic mass is 9.94. The van der Waals surface area contributed by atoms with E-state index in [4.69, 9.17) is 4.74 Å². The SMILES string of the molecule is COc1cccc(C(NC(=O)C2CCN(C(=O)Nc3ccsc3)CC2)c2ccccn2)c1. The highest BCUT2D eigenvalue weighted by atomic mass is 32.1. The van der Waals surface area contributed by atoms with Gasteiger partial charge in [0.15, 0.2) is 0 Å². The van der Waals surface area contributed by atoms with Crippen LogP contribution in [-0.4, -0.2) is 42.0 Å². The summed E-state index contributed by atoms with van der Waals surface area (Å²) in [5.41, 5.74) is 2.47. The van der Waals surface area contributed by atoms with E-state index >= 15 is 0 Å². The standard InChI is InChI=1S/C24H26N4O3S/c1-31-20-6-4-5-18(15-20)22(21-7-2-3-11-25-21)27-23(29)17-8-12-28(13-9-17)24(30)26-19-10-14-32-16-19/h2-7,10-11,14-17,22H,8-9,12-13H2,1H3,(H,26,30)(H,27,29). The summed E-state index contributed by atoms with van der Waals surface area (Å²) in [7, 11) is 1.62. The number of benzene rings is 1. The normalized spacial score (nSPS) is 15.1. The van der Waals surface area contributed by atoms with Gasteiger partial charge in [0, 0.05) is 30.6 Å². The van der Waals surface area contributed by atoms with Crippen LogP contribution in [0.1, 0.15) is 30.1 Å². The molecular formula is C24H26N4O3S. The molecule has 3 amide bonds. The number of nitrogens with zero attached hydrogens (tertiary/aromatic N) is 2. The van der Waals surface area contributed by atoms with Gasteiger partial charge in [-0.3, -0.25) is 9.78 Å². The maximum Gasteiger partial charge on any atom is 0.321 e. The van der Waals surface area contributed by atoms with E-state index in [1.807, 2.05) is 59.3 Å². The van der Waals surface area contributed by atoms with E-state index in [0.29, 0.717) is 25.9 Å². The molecule has 1 fully saturated rings. The molecule has 8 heteroatoms. The minimum Gasteiger partial charge on any atom is -0.497 e. The lowest BCUT2D eigenvalue weighted by Crippen LogP contribution is -2.45. The van der Waals surface area contributed by atoms with Crippen molar-refractivity contribution in [3.05, 3.63) is 76.7 Å². The molecule has 0 saturated carbocycles. The van der Waals surface area contributed by atoms with Crippen LogP contribution in [0.2, 0.25) is 0 Å². The first-order valence-electron chi connectivity index (χ1n) is 10.6. The predicted octanol–water partition coefficient (Wildman–Crippen LogP) is 4.30. The molecule has 3 aromatic rings. The summed E-state index contributed by atoms with van der Waals surface area (Å²) in [6, 6.07) is 14.7. The monoisotopic (exact) mass is 450 g/mol. The van der Waals surface area contributed by atoms with Crippen LogP contribution >= 0.6 is 11.3 Å². The number of pyridine rings is 1. The number of hydrogen-bond acceptors (Lipinski definition) is 5. The number of aromatic nitrogens is 1. The van der Waals surface area contributed by atoms with E-state index in [2.05, 4.69) is 15.6 Å². The molecular weight excluding hydrogens is 424 g/mol. The second-order valence-corrected chi connectivity index (χ2v) is 8.46. The highest BCUT2D eigenvalue weighted by Crippen LogP contribution is 2.26. The summed E-state index contributed by atoms with van der Waals surface area (Å²) >= 11 is 1.54. The summed E-state index contributed by atoms with van der Waals surface area (Å²) in [6.45, 7) is 1.09. The molecule has 4 rings (SSSR count). The summed E-state index contributed by atoms with van der Waals surface area (Å²) in [4.78, 5) is 31.8. The Morgan fingerprint density at radius 1 is 1.16 bits per heavy atom. The van der Waals surface area contributed by atoms with Crippen molar-refractivity contribution in [2.75, 3.05) is 25.5 Å². The lowest BCUT2D eigenvalue weighted by molar-refractivity contribution is -0.126. The molecule has 1 atom stereocenters. The number of amides is 3. The molecule has 2 aromatic heterocycles. The van der Waals surface area contributed by atoms with Crippen LogP contribution < -0.4 is 15.4 Å². The Hall–Kier alpha value is -3.39. The summed E-state index contributed by atoms with van der Waals surface area (Å²) in [6.07, 6.45) is 2.96. The third-order valence-corrected chi connectivity index (χ3v) is 6.31. The quantitative estimate of drug-likeness (QED) is 0.587. The van der Waals surface area contributed by atoms with Crippen molar-refractivity contribution in [1.82, 2.24) is 15.2 Å². The van der Waals surface area contributed by atoms with Gasteiger partial charge in [0.25, 0.3) is 0 Å². The molecule has 0 aliphatic carbocycles. The number of anilines is 1. The molecule has 1 aliphatic heterocycles. The molecule has 0 bridgehead atoms. The van der Waals surface area contributed by atoms with Gasteiger partial charge >= 0.3 is 6.03 Å². The van der Waals surface area contributed by atoms with Crippen LogP contribution in [-0.2, 0) is 4.79 Å². The van der Waals surface area contributed by atoms with E-state index < -0.39 is 0 Å². The topological polar surface area (TPSA) is 83.6 Å². The number of urea groups is 1. The Labute approximate surface area is 191 Å². The number of piperidine rings is 1. The van der Waals surface area contributed by atoms with Gasteiger partial charge in [-0.2, -0.15) is 11.3 Å². The largest absolute Gasteiger partial charge is 0.497 e. The molecule has 7 nitrogen and oxygen atoms in total. The fourth-order valence-corrected chi connectivity index (χ4v) is 4.43. The van der Waals surface area contributed by atoms with Crippen LogP contribution in [0.5, 0.6) is 5.75 Å². The molecule has 1 unspecified atom stereocenters. The number of rotatable bonds is 6. The fourth-order valence-electron chi connectivity index (χ4n) is 3.84. The fraction of sp³-hybridized carbons (Fsp3) is 0.292. The van der Waals surface area contributed by atoms with E-state index in [9.17, 15) is 9.59 Å². The van der Waals surface area contributed by atoms with Gasteiger partial charge in [-0.25, -0.2) is 4.79 Å². The van der Waals surface area contributed by atoms with E-state index in [1.165, 1.54) is 11.3 Å². The first-order valence-corrected chi connectivity index (χ1v) is 11.5. The first kappa shape index (κ1) is 21.8. The van der Waals surface area contributed by atoms with Crippen LogP contribution in [0.15, 0.2) is 65.5 Å². The number of ether oxygens (including phenoxy) is 1. The molecule has 1 aliphatic rings. The lowest BCUT2D eigenvalue weighted by Gasteiger charge is -2.32. The Balaban J connectivity index is 1.41. The van der Waals surface area contributed by atoms with Crippen molar-refractivity contribution in [2.24, 2.45) is 5.92 Å². The minimum atomic E-state index is -0.376. The number of carbonyl (C=O) groups is 2. The molecule has 2 N–H and O–H groups in total. The molecule has 32 heavy (non-hydrogen) atoms. The van der Waals surface area contributed by atoms with Crippen LogP contribution in [0.4, 0.5) is 10.5 Å². The molecule has 0 radical (unpaired) electrons. The van der Waals surface area contributed by atoms with Gasteiger partial charge in [0.05, 0.1) is 24.5 Å². The molecule has 1 saturated heterocycles. The number of thiophene rings is 1. The highest BCUT2D eigenvalue weighted by molar-refractivity contribution is 7.08. The van der Waals surface area contributed by atoms with Gasteiger partial charge < -0.3 is 20.3 Å². The van der Waals surface area contributed by atoms with Crippen LogP contribution in [0.3, 0.4) is 0 Å². The minimum absolute atomic E-state index is 0.0265. The van der Waals surface area contributed by atoms with Crippen molar-refractivity contribution in [2.45, 2.75) is 18.9 Å². The predicted molar refractivity (Wildman–Crippen MR) is 125 cm³/mol. The van der Waals surface area contributed by atoms with Gasteiger partial charge in [-0.05, 0) is 54.1 Å². The van der Waals surface area contributed by atoms with Crippen molar-refractivity contribution >= 4 is 29.0 Å². The number of methoxy groups -OCH3 is 1. The Kier molecular flexibility index (Phi) is 7.01. The zero-order valence-electron chi connectivity index (χ0n) is 17.9. The zero-order chi connectivity index (χ0) is 22.3. The highest BCUT2D eigenvalue weighted by Gasteiger charge is 2.29. The Morgan fingerprint density at radius 3 is 2.69 bits per heavy atom. The Morgan fingerprint density at radius 2 is 2.00 bits per heavy atom. The number of carbonyl (C=O) groups excluding carboxylic acids is 2. The van der Waals surface area contributed by atoms with Crippen molar-refractivity contribution in [3.8, 4) is 5.75 Å². The average Bonchev–Trinajstić information content (AvgIpc) is 3.36. The first-order chi connectivity index (χ1) is 15.6. The molecule has 1 aromatic carbocycles. The van der Waals surface area contributed by atoms with Gasteiger partial charge in [0.1, 0.15) is 5.75 Å². The van der Waals surface area contributed by atoms with Crippen LogP contribution in [0, 0.1) is 5.92 Å². The van der Waals surface area contributed by atoms with Gasteiger partial charge in [-0.15, -0.1) is 0 Å². The molecule has 3 heterocycles. The number of nitrogens with one attached hydrogen (secondary N) is 2. The summed E-state index contributed by atoms with van der Waals surface area (Å²) in [5.74, 6) is 0.543. The zero-order valence-corrected chi connectivity index (χ0v) is 18.7. The Bertz CT molecular complexity index is 1030. The second-order valence-electron chi connectivity index (χ2n) is 7.68. The summed E-state index contributed by atoms with van der Waals surface area (Å²) in [5, 5.41) is 9.90. The maximum absolute atomic E-state index is 13.2. The smallest absolute Gasteiger partial charge is 0.321 e. The van der Waals surface area contributed by atoms with Crippen molar-refractivity contribution in [1.29, 1.82) is 0 Å². The van der Waals surface area contributed by atoms with E-state index in [0.717, 1.165) is 22.7 Å². The second kappa shape index (κ2) is 10.3. The maximum atomic E-state index is 13.2. The number of hydrogen-bond donors (Lipinski definition) is 2. The third-order valence-electron chi connectivity index (χ3n) is 5.62. The average molecular weight is 451 g/mol. The molecule has 166 valence electrons. The van der Waals surface area contributed by atoms with Crippen molar-refractivity contribution < 1.29 is 14.3 Å². The van der Waals surface area contributed by atoms with Gasteiger partial charge in [0.2, 0.25) is 5.91 Å². The third kappa shape index (κ3) is 5.26. The summed E-state index contributed by atoms with van der Waals surface area (Å²) < 4.78 is 5.36. The molecule has 0 spiro atoms. The van der Waals surface area contributed by atoms with E-state index in [-0.39, 0.29) is 23.9 Å². The van der Waals surface area contributed by atoms with Gasteiger partial charge in [-0.1, -0.05) is 18.2 Å². The van der Waals surface area contributed by atoms with E-state index in [1.54, 1.807) is 18.2 Å².